The predicted octanol–water partition coefficient (Wildman–Crippen LogP) is 8.35. The quantitative estimate of drug-likeness (QED) is 0.201. The Hall–Kier alpha value is -4.50. The van der Waals surface area contributed by atoms with E-state index in [-0.39, 0.29) is 0 Å². The Kier molecular flexibility index (Phi) is 5.50. The Balaban J connectivity index is 1.25. The Bertz CT molecular complexity index is 2130. The molecule has 7 aromatic rings. The van der Waals surface area contributed by atoms with E-state index in [0.717, 1.165) is 49.6 Å². The first-order valence-corrected chi connectivity index (χ1v) is 16.2. The molecule has 0 radical (unpaired) electrons. The molecule has 1 unspecified atom stereocenters. The number of aryl methyl sites for hydroxylation is 1. The second-order valence-corrected chi connectivity index (χ2v) is 14.2. The molecule has 3 heterocycles. The third kappa shape index (κ3) is 3.72. The molecular formula is C36H25N2OPS. The second kappa shape index (κ2) is 9.27. The average Bonchev–Trinajstić information content (AvgIpc) is 3.66. The third-order valence-electron chi connectivity index (χ3n) is 8.00. The maximum Gasteiger partial charge on any atom is 0.175 e. The highest BCUT2D eigenvalue weighted by atomic mass is 32.1. The molecule has 0 fully saturated rings. The summed E-state index contributed by atoms with van der Waals surface area (Å²) in [4.78, 5) is 7.33. The first-order valence-electron chi connectivity index (χ1n) is 13.7. The Morgan fingerprint density at radius 2 is 1.24 bits per heavy atom. The first-order chi connectivity index (χ1) is 20.1. The molecule has 0 aliphatic carbocycles. The summed E-state index contributed by atoms with van der Waals surface area (Å²) in [6.07, 6.45) is 0. The smallest absolute Gasteiger partial charge is 0.175 e. The number of rotatable bonds is 4. The average molecular weight is 565 g/mol. The van der Waals surface area contributed by atoms with Gasteiger partial charge < -0.3 is 4.57 Å². The van der Waals surface area contributed by atoms with Gasteiger partial charge in [0, 0.05) is 25.7 Å². The van der Waals surface area contributed by atoms with Crippen LogP contribution in [0.2, 0.25) is 0 Å². The zero-order chi connectivity index (χ0) is 27.6. The SMILES string of the molecule is Cc1nc2cccc3c2n1-c1ccc(-c2ccc(-c4ccc(-c5ccccc5)s4)cc2)cc1P3(=O)c1ccccc1. The van der Waals surface area contributed by atoms with E-state index >= 15 is 4.57 Å². The maximum atomic E-state index is 15.4. The summed E-state index contributed by atoms with van der Waals surface area (Å²) in [5, 5.41) is 2.56. The molecule has 1 atom stereocenters. The van der Waals surface area contributed by atoms with Crippen molar-refractivity contribution in [3.8, 4) is 37.7 Å². The van der Waals surface area contributed by atoms with Crippen molar-refractivity contribution >= 4 is 45.4 Å². The molecule has 5 heteroatoms. The monoisotopic (exact) mass is 564 g/mol. The largest absolute Gasteiger partial charge is 0.308 e. The molecule has 0 N–H and O–H groups in total. The van der Waals surface area contributed by atoms with E-state index in [0.29, 0.717) is 0 Å². The standard InChI is InChI=1S/C36H25N2OPS/c1-24-37-30-13-8-14-32-36(30)38(24)31-20-19-28(23-33(31)40(32,39)29-11-6-3-7-12-29)25-15-17-27(18-16-25)35-22-21-34(41-35)26-9-4-2-5-10-26/h2-23H,1H3. The van der Waals surface area contributed by atoms with Gasteiger partial charge in [-0.2, -0.15) is 0 Å². The molecule has 2 aromatic heterocycles. The van der Waals surface area contributed by atoms with Crippen LogP contribution < -0.4 is 15.9 Å². The van der Waals surface area contributed by atoms with Crippen LogP contribution >= 0.6 is 18.5 Å². The lowest BCUT2D eigenvalue weighted by Gasteiger charge is -2.29. The highest BCUT2D eigenvalue weighted by Crippen LogP contribution is 2.50. The van der Waals surface area contributed by atoms with Crippen molar-refractivity contribution in [2.24, 2.45) is 0 Å². The fourth-order valence-electron chi connectivity index (χ4n) is 6.04. The van der Waals surface area contributed by atoms with Crippen LogP contribution in [0.1, 0.15) is 5.82 Å². The summed E-state index contributed by atoms with van der Waals surface area (Å²) in [5.41, 5.74) is 7.36. The lowest BCUT2D eigenvalue weighted by molar-refractivity contribution is 0.592. The lowest BCUT2D eigenvalue weighted by Crippen LogP contribution is -2.33. The van der Waals surface area contributed by atoms with Gasteiger partial charge in [-0.3, -0.25) is 4.57 Å². The molecular weight excluding hydrogens is 539 g/mol. The van der Waals surface area contributed by atoms with Gasteiger partial charge in [-0.1, -0.05) is 97.1 Å². The fourth-order valence-corrected chi connectivity index (χ4v) is 10.1. The van der Waals surface area contributed by atoms with Crippen molar-refractivity contribution in [1.29, 1.82) is 0 Å². The topological polar surface area (TPSA) is 34.9 Å². The van der Waals surface area contributed by atoms with Crippen molar-refractivity contribution in [2.45, 2.75) is 6.92 Å². The summed E-state index contributed by atoms with van der Waals surface area (Å²) >= 11 is 1.80. The number of benzene rings is 5. The Morgan fingerprint density at radius 3 is 1.98 bits per heavy atom. The molecule has 41 heavy (non-hydrogen) atoms. The van der Waals surface area contributed by atoms with E-state index in [4.69, 9.17) is 4.98 Å². The van der Waals surface area contributed by atoms with Crippen LogP contribution in [-0.2, 0) is 4.57 Å². The van der Waals surface area contributed by atoms with Crippen molar-refractivity contribution in [1.82, 2.24) is 9.55 Å². The molecule has 0 bridgehead atoms. The molecule has 8 rings (SSSR count). The number of thiophene rings is 1. The molecule has 3 nitrogen and oxygen atoms in total. The minimum absolute atomic E-state index is 0.846. The summed E-state index contributed by atoms with van der Waals surface area (Å²) in [5.74, 6) is 0.899. The number of para-hydroxylation sites is 1. The number of nitrogens with zero attached hydrogens (tertiary/aromatic N) is 2. The summed E-state index contributed by atoms with van der Waals surface area (Å²) < 4.78 is 17.6. The van der Waals surface area contributed by atoms with Crippen LogP contribution in [0.5, 0.6) is 0 Å². The summed E-state index contributed by atoms with van der Waals surface area (Å²) in [7, 11) is -3.14. The molecule has 0 saturated carbocycles. The van der Waals surface area contributed by atoms with Gasteiger partial charge in [0.1, 0.15) is 5.82 Å². The number of aromatic nitrogens is 2. The lowest BCUT2D eigenvalue weighted by atomic mass is 10.0. The molecule has 1 aliphatic heterocycles. The third-order valence-corrected chi connectivity index (χ3v) is 12.3. The van der Waals surface area contributed by atoms with Crippen molar-refractivity contribution in [3.05, 3.63) is 139 Å². The number of imidazole rings is 1. The molecule has 1 aliphatic rings. The fraction of sp³-hybridized carbons (Fsp3) is 0.0278. The highest BCUT2D eigenvalue weighted by molar-refractivity contribution is 7.86. The van der Waals surface area contributed by atoms with Gasteiger partial charge in [-0.05, 0) is 65.6 Å². The van der Waals surface area contributed by atoms with Gasteiger partial charge in [-0.25, -0.2) is 4.98 Å². The molecule has 0 saturated heterocycles. The van der Waals surface area contributed by atoms with E-state index in [1.807, 2.05) is 61.5 Å². The predicted molar refractivity (Wildman–Crippen MR) is 173 cm³/mol. The Labute approximate surface area is 242 Å². The maximum absolute atomic E-state index is 15.4. The minimum Gasteiger partial charge on any atom is -0.308 e. The van der Waals surface area contributed by atoms with Crippen LogP contribution in [0.3, 0.4) is 0 Å². The molecule has 5 aromatic carbocycles. The van der Waals surface area contributed by atoms with Crippen LogP contribution in [0.15, 0.2) is 133 Å². The molecule has 0 amide bonds. The van der Waals surface area contributed by atoms with Crippen LogP contribution in [0.4, 0.5) is 0 Å². The van der Waals surface area contributed by atoms with Gasteiger partial charge >= 0.3 is 0 Å². The molecule has 196 valence electrons. The van der Waals surface area contributed by atoms with Crippen LogP contribution in [-0.4, -0.2) is 9.55 Å². The van der Waals surface area contributed by atoms with Gasteiger partial charge in [0.15, 0.2) is 7.14 Å². The van der Waals surface area contributed by atoms with Crippen LogP contribution in [0, 0.1) is 6.92 Å². The van der Waals surface area contributed by atoms with Crippen LogP contribution in [0.25, 0.3) is 48.7 Å². The zero-order valence-corrected chi connectivity index (χ0v) is 24.1. The van der Waals surface area contributed by atoms with Gasteiger partial charge in [0.2, 0.25) is 0 Å². The summed E-state index contributed by atoms with van der Waals surface area (Å²) in [6, 6.07) is 45.9. The first kappa shape index (κ1) is 24.3. The minimum atomic E-state index is -3.14. The Morgan fingerprint density at radius 1 is 0.610 bits per heavy atom. The number of hydrogen-bond acceptors (Lipinski definition) is 3. The van der Waals surface area contributed by atoms with E-state index in [1.165, 1.54) is 20.9 Å². The van der Waals surface area contributed by atoms with E-state index in [9.17, 15) is 0 Å². The van der Waals surface area contributed by atoms with Gasteiger partial charge in [0.25, 0.3) is 0 Å². The van der Waals surface area contributed by atoms with E-state index in [1.54, 1.807) is 11.3 Å². The number of hydrogen-bond donors (Lipinski definition) is 0. The normalized spacial score (nSPS) is 15.6. The van der Waals surface area contributed by atoms with Crippen molar-refractivity contribution in [3.63, 3.8) is 0 Å². The van der Waals surface area contributed by atoms with E-state index in [2.05, 4.69) is 83.4 Å². The zero-order valence-electron chi connectivity index (χ0n) is 22.4. The van der Waals surface area contributed by atoms with Crippen molar-refractivity contribution < 1.29 is 4.57 Å². The second-order valence-electron chi connectivity index (χ2n) is 10.4. The summed E-state index contributed by atoms with van der Waals surface area (Å²) in [6.45, 7) is 2.02. The van der Waals surface area contributed by atoms with Gasteiger partial charge in [-0.15, -0.1) is 11.3 Å². The molecule has 0 spiro atoms. The van der Waals surface area contributed by atoms with E-state index < -0.39 is 7.14 Å². The van der Waals surface area contributed by atoms with Gasteiger partial charge in [0.05, 0.1) is 16.7 Å². The number of fused-ring (bicyclic) bond motifs is 2. The van der Waals surface area contributed by atoms with Crippen molar-refractivity contribution in [2.75, 3.05) is 0 Å². The highest BCUT2D eigenvalue weighted by Gasteiger charge is 2.39.